The van der Waals surface area contributed by atoms with Crippen LogP contribution in [0.2, 0.25) is 0 Å². The number of amides is 3. The Kier molecular flexibility index (Phi) is 4.80. The highest BCUT2D eigenvalue weighted by molar-refractivity contribution is 6.22. The highest BCUT2D eigenvalue weighted by Gasteiger charge is 2.43. The predicted molar refractivity (Wildman–Crippen MR) is 83.4 cm³/mol. The van der Waals surface area contributed by atoms with E-state index in [0.717, 1.165) is 4.90 Å². The Labute approximate surface area is 135 Å². The molecule has 120 valence electrons. The third-order valence-corrected chi connectivity index (χ3v) is 3.81. The minimum Gasteiger partial charge on any atom is -0.353 e. The second kappa shape index (κ2) is 6.61. The Morgan fingerprint density at radius 1 is 1.17 bits per heavy atom. The number of fused-ring (bicyclic) bond motifs is 1. The number of nitrogens with zero attached hydrogens (tertiary/aromatic N) is 2. The van der Waals surface area contributed by atoms with Gasteiger partial charge >= 0.3 is 0 Å². The first-order chi connectivity index (χ1) is 10.9. The van der Waals surface area contributed by atoms with Gasteiger partial charge in [-0.05, 0) is 25.0 Å². The summed E-state index contributed by atoms with van der Waals surface area (Å²) in [6.45, 7) is 5.43. The van der Waals surface area contributed by atoms with Crippen molar-refractivity contribution in [3.05, 3.63) is 35.4 Å². The third kappa shape index (κ3) is 3.09. The predicted octanol–water partition coefficient (Wildman–Crippen LogP) is 1.58. The van der Waals surface area contributed by atoms with Gasteiger partial charge in [0.1, 0.15) is 6.04 Å². The quantitative estimate of drug-likeness (QED) is 0.836. The lowest BCUT2D eigenvalue weighted by molar-refractivity contribution is -0.126. The second-order valence-corrected chi connectivity index (χ2v) is 5.99. The molecule has 23 heavy (non-hydrogen) atoms. The average Bonchev–Trinajstić information content (AvgIpc) is 2.78. The Bertz CT molecular complexity index is 656. The monoisotopic (exact) mass is 313 g/mol. The average molecular weight is 313 g/mol. The summed E-state index contributed by atoms with van der Waals surface area (Å²) in [4.78, 5) is 38.5. The Morgan fingerprint density at radius 2 is 1.70 bits per heavy atom. The molecule has 0 radical (unpaired) electrons. The molecular formula is C17H19N3O3. The van der Waals surface area contributed by atoms with Crippen LogP contribution in [0, 0.1) is 23.2 Å². The number of nitriles is 1. The minimum absolute atomic E-state index is 0.182. The molecule has 1 N–H and O–H groups in total. The van der Waals surface area contributed by atoms with Gasteiger partial charge in [-0.3, -0.25) is 19.3 Å². The van der Waals surface area contributed by atoms with Crippen LogP contribution < -0.4 is 5.32 Å². The summed E-state index contributed by atoms with van der Waals surface area (Å²) in [5.74, 6) is -1.90. The Morgan fingerprint density at radius 3 is 2.13 bits per heavy atom. The zero-order chi connectivity index (χ0) is 17.1. The van der Waals surface area contributed by atoms with Crippen molar-refractivity contribution in [3.63, 3.8) is 0 Å². The maximum Gasteiger partial charge on any atom is 0.262 e. The topological polar surface area (TPSA) is 90.3 Å². The van der Waals surface area contributed by atoms with Gasteiger partial charge in [0.15, 0.2) is 0 Å². The normalized spacial score (nSPS) is 16.0. The number of nitrogens with one attached hydrogen (secondary N) is 1. The molecule has 0 saturated heterocycles. The van der Waals surface area contributed by atoms with Crippen LogP contribution in [-0.4, -0.2) is 35.2 Å². The van der Waals surface area contributed by atoms with Gasteiger partial charge in [0.25, 0.3) is 11.8 Å². The van der Waals surface area contributed by atoms with Crippen LogP contribution in [-0.2, 0) is 4.79 Å². The first-order valence-electron chi connectivity index (χ1n) is 7.52. The molecule has 0 saturated carbocycles. The van der Waals surface area contributed by atoms with E-state index in [2.05, 4.69) is 5.32 Å². The molecule has 1 aliphatic rings. The van der Waals surface area contributed by atoms with Gasteiger partial charge in [0.2, 0.25) is 5.91 Å². The fourth-order valence-corrected chi connectivity index (χ4v) is 2.58. The maximum absolute atomic E-state index is 12.5. The SMILES string of the molecule is CC(C#N)CNC(=O)C(C(C)C)N1C(=O)c2ccccc2C1=O. The zero-order valence-electron chi connectivity index (χ0n) is 13.4. The lowest BCUT2D eigenvalue weighted by atomic mass is 10.0. The van der Waals surface area contributed by atoms with Crippen molar-refractivity contribution < 1.29 is 14.4 Å². The second-order valence-electron chi connectivity index (χ2n) is 5.99. The minimum atomic E-state index is -0.895. The number of carbonyl (C=O) groups excluding carboxylic acids is 3. The summed E-state index contributed by atoms with van der Waals surface area (Å²) >= 11 is 0. The van der Waals surface area contributed by atoms with Gasteiger partial charge in [0.05, 0.1) is 23.1 Å². The molecule has 0 spiro atoms. The molecule has 2 rings (SSSR count). The molecule has 0 fully saturated rings. The molecule has 6 nitrogen and oxygen atoms in total. The molecule has 1 heterocycles. The lowest BCUT2D eigenvalue weighted by Crippen LogP contribution is -2.52. The molecule has 0 aromatic heterocycles. The smallest absolute Gasteiger partial charge is 0.262 e. The number of carbonyl (C=O) groups is 3. The molecule has 0 aliphatic carbocycles. The molecule has 1 aromatic rings. The molecule has 1 aliphatic heterocycles. The standard InChI is InChI=1S/C17H19N3O3/c1-10(2)14(15(21)19-9-11(3)8-18)20-16(22)12-6-4-5-7-13(12)17(20)23/h4-7,10-11,14H,9H2,1-3H3,(H,19,21). The van der Waals surface area contributed by atoms with Crippen LogP contribution in [0.1, 0.15) is 41.5 Å². The van der Waals surface area contributed by atoms with Crippen molar-refractivity contribution >= 4 is 17.7 Å². The fraction of sp³-hybridized carbons (Fsp3) is 0.412. The van der Waals surface area contributed by atoms with Crippen molar-refractivity contribution in [1.29, 1.82) is 5.26 Å². The highest BCUT2D eigenvalue weighted by Crippen LogP contribution is 2.27. The number of imide groups is 1. The summed E-state index contributed by atoms with van der Waals surface area (Å²) in [6, 6.07) is 7.68. The molecule has 2 atom stereocenters. The van der Waals surface area contributed by atoms with E-state index >= 15 is 0 Å². The number of hydrogen-bond donors (Lipinski definition) is 1. The number of rotatable bonds is 5. The van der Waals surface area contributed by atoms with Crippen molar-refractivity contribution in [2.45, 2.75) is 26.8 Å². The summed E-state index contributed by atoms with van der Waals surface area (Å²) in [7, 11) is 0. The number of hydrogen-bond acceptors (Lipinski definition) is 4. The molecular weight excluding hydrogens is 294 g/mol. The Hall–Kier alpha value is -2.68. The van der Waals surface area contributed by atoms with Crippen LogP contribution in [0.4, 0.5) is 0 Å². The summed E-state index contributed by atoms with van der Waals surface area (Å²) in [5.41, 5.74) is 0.641. The van der Waals surface area contributed by atoms with Gasteiger partial charge in [-0.25, -0.2) is 0 Å². The van der Waals surface area contributed by atoms with E-state index in [1.165, 1.54) is 0 Å². The largest absolute Gasteiger partial charge is 0.353 e. The van der Waals surface area contributed by atoms with Gasteiger partial charge in [0, 0.05) is 6.54 Å². The van der Waals surface area contributed by atoms with Crippen molar-refractivity contribution in [2.75, 3.05) is 6.54 Å². The van der Waals surface area contributed by atoms with Gasteiger partial charge in [-0.15, -0.1) is 0 Å². The number of benzene rings is 1. The summed E-state index contributed by atoms with van der Waals surface area (Å²) in [5, 5.41) is 11.4. The zero-order valence-corrected chi connectivity index (χ0v) is 13.4. The van der Waals surface area contributed by atoms with Crippen molar-refractivity contribution in [2.24, 2.45) is 11.8 Å². The van der Waals surface area contributed by atoms with E-state index in [0.29, 0.717) is 11.1 Å². The van der Waals surface area contributed by atoms with E-state index in [-0.39, 0.29) is 18.4 Å². The molecule has 3 amide bonds. The van der Waals surface area contributed by atoms with Gasteiger partial charge < -0.3 is 5.32 Å². The van der Waals surface area contributed by atoms with Gasteiger partial charge in [-0.2, -0.15) is 5.26 Å². The summed E-state index contributed by atoms with van der Waals surface area (Å²) < 4.78 is 0. The first kappa shape index (κ1) is 16.7. The maximum atomic E-state index is 12.5. The van der Waals surface area contributed by atoms with Crippen LogP contribution in [0.3, 0.4) is 0 Å². The van der Waals surface area contributed by atoms with E-state index in [1.54, 1.807) is 45.0 Å². The third-order valence-electron chi connectivity index (χ3n) is 3.81. The van der Waals surface area contributed by atoms with Crippen molar-refractivity contribution in [1.82, 2.24) is 10.2 Å². The van der Waals surface area contributed by atoms with E-state index in [4.69, 9.17) is 5.26 Å². The van der Waals surface area contributed by atoms with E-state index in [1.807, 2.05) is 6.07 Å². The highest BCUT2D eigenvalue weighted by atomic mass is 16.2. The van der Waals surface area contributed by atoms with E-state index in [9.17, 15) is 14.4 Å². The Balaban J connectivity index is 2.26. The fourth-order valence-electron chi connectivity index (χ4n) is 2.58. The van der Waals surface area contributed by atoms with Crippen LogP contribution in [0.15, 0.2) is 24.3 Å². The first-order valence-corrected chi connectivity index (χ1v) is 7.52. The van der Waals surface area contributed by atoms with E-state index < -0.39 is 23.8 Å². The molecule has 0 bridgehead atoms. The lowest BCUT2D eigenvalue weighted by Gasteiger charge is -2.28. The van der Waals surface area contributed by atoms with Crippen LogP contribution in [0.5, 0.6) is 0 Å². The van der Waals surface area contributed by atoms with Gasteiger partial charge in [-0.1, -0.05) is 26.0 Å². The molecule has 6 heteroatoms. The van der Waals surface area contributed by atoms with Crippen LogP contribution in [0.25, 0.3) is 0 Å². The molecule has 2 unspecified atom stereocenters. The molecule has 1 aromatic carbocycles. The summed E-state index contributed by atoms with van der Waals surface area (Å²) in [6.07, 6.45) is 0. The van der Waals surface area contributed by atoms with Crippen LogP contribution >= 0.6 is 0 Å². The van der Waals surface area contributed by atoms with Crippen molar-refractivity contribution in [3.8, 4) is 6.07 Å².